The monoisotopic (exact) mass is 489 g/mol. The van der Waals surface area contributed by atoms with Gasteiger partial charge in [-0.2, -0.15) is 10.5 Å². The minimum atomic E-state index is -0.694. The van der Waals surface area contributed by atoms with Crippen molar-refractivity contribution in [3.63, 3.8) is 0 Å². The Hall–Kier alpha value is -4.54. The predicted octanol–water partition coefficient (Wildman–Crippen LogP) is 4.46. The van der Waals surface area contributed by atoms with Crippen molar-refractivity contribution in [1.29, 1.82) is 10.5 Å². The third-order valence-corrected chi connectivity index (χ3v) is 5.25. The van der Waals surface area contributed by atoms with Crippen molar-refractivity contribution in [2.45, 2.75) is 6.42 Å². The molecule has 176 valence electrons. The lowest BCUT2D eigenvalue weighted by molar-refractivity contribution is 0.102. The Kier molecular flexibility index (Phi) is 8.65. The van der Waals surface area contributed by atoms with E-state index in [0.717, 1.165) is 9.87 Å². The first-order chi connectivity index (χ1) is 16.9. The maximum absolute atomic E-state index is 13.9. The van der Waals surface area contributed by atoms with Gasteiger partial charge in [-0.3, -0.25) is 4.79 Å². The molecule has 0 aliphatic rings. The van der Waals surface area contributed by atoms with E-state index in [4.69, 9.17) is 15.3 Å². The van der Waals surface area contributed by atoms with Crippen LogP contribution < -0.4 is 19.7 Å². The minimum Gasteiger partial charge on any atom is -0.476 e. The van der Waals surface area contributed by atoms with Crippen molar-refractivity contribution in [1.82, 2.24) is 5.32 Å². The summed E-state index contributed by atoms with van der Waals surface area (Å²) in [6.45, 7) is 0.0196. The van der Waals surface area contributed by atoms with E-state index in [1.54, 1.807) is 12.1 Å². The number of nitrogens with one attached hydrogen (secondary N) is 2. The standard InChI is InChI=1S/C25H20FN5O3S/c26-21-4-2-1-3-20(21)24(32)30-22-10-9-19(15-23(22)34-14-12-27)31(35)25(33)29-13-11-17-5-7-18(16-28)8-6-17/h1-10,15,35H,11,13-14H2,(H,29,33)(H,30,32). The lowest BCUT2D eigenvalue weighted by Crippen LogP contribution is -2.35. The van der Waals surface area contributed by atoms with Gasteiger partial charge >= 0.3 is 6.03 Å². The van der Waals surface area contributed by atoms with E-state index in [9.17, 15) is 14.0 Å². The van der Waals surface area contributed by atoms with Crippen molar-refractivity contribution < 1.29 is 18.7 Å². The second-order valence-corrected chi connectivity index (χ2v) is 7.56. The van der Waals surface area contributed by atoms with E-state index >= 15 is 0 Å². The van der Waals surface area contributed by atoms with Gasteiger partial charge in [-0.25, -0.2) is 13.5 Å². The smallest absolute Gasteiger partial charge is 0.331 e. The molecule has 0 unspecified atom stereocenters. The van der Waals surface area contributed by atoms with Crippen LogP contribution >= 0.6 is 12.8 Å². The number of ether oxygens (including phenoxy) is 1. The number of thiol groups is 1. The Morgan fingerprint density at radius 1 is 1.06 bits per heavy atom. The van der Waals surface area contributed by atoms with Crippen molar-refractivity contribution >= 4 is 36.1 Å². The first-order valence-electron chi connectivity index (χ1n) is 10.4. The van der Waals surface area contributed by atoms with Crippen molar-refractivity contribution in [3.05, 3.63) is 89.2 Å². The number of nitriles is 2. The largest absolute Gasteiger partial charge is 0.476 e. The molecule has 3 amide bonds. The summed E-state index contributed by atoms with van der Waals surface area (Å²) in [7, 11) is 0. The highest BCUT2D eigenvalue weighted by Crippen LogP contribution is 2.31. The average molecular weight is 490 g/mol. The van der Waals surface area contributed by atoms with Crippen LogP contribution in [0.15, 0.2) is 66.7 Å². The van der Waals surface area contributed by atoms with Crippen molar-refractivity contribution in [3.8, 4) is 17.9 Å². The Balaban J connectivity index is 1.68. The summed E-state index contributed by atoms with van der Waals surface area (Å²) >= 11 is 4.24. The molecule has 3 aromatic carbocycles. The molecule has 0 spiro atoms. The van der Waals surface area contributed by atoms with Gasteiger partial charge in [0, 0.05) is 12.6 Å². The molecule has 0 aromatic heterocycles. The zero-order chi connectivity index (χ0) is 25.2. The zero-order valence-corrected chi connectivity index (χ0v) is 19.3. The quantitative estimate of drug-likeness (QED) is 0.404. The molecule has 0 saturated carbocycles. The summed E-state index contributed by atoms with van der Waals surface area (Å²) in [4.78, 5) is 25.0. The number of hydrogen-bond donors (Lipinski definition) is 3. The maximum atomic E-state index is 13.9. The maximum Gasteiger partial charge on any atom is 0.331 e. The molecule has 10 heteroatoms. The number of rotatable bonds is 8. The molecule has 2 N–H and O–H groups in total. The van der Waals surface area contributed by atoms with Crippen LogP contribution in [0.25, 0.3) is 0 Å². The molecule has 8 nitrogen and oxygen atoms in total. The Labute approximate surface area is 207 Å². The van der Waals surface area contributed by atoms with Gasteiger partial charge in [0.1, 0.15) is 17.6 Å². The first-order valence-corrected chi connectivity index (χ1v) is 10.8. The summed E-state index contributed by atoms with van der Waals surface area (Å²) in [5, 5.41) is 23.0. The summed E-state index contributed by atoms with van der Waals surface area (Å²) in [5.41, 5.74) is 1.88. The number of urea groups is 1. The molecule has 0 fully saturated rings. The number of halogens is 1. The van der Waals surface area contributed by atoms with Crippen molar-refractivity contribution in [2.24, 2.45) is 0 Å². The molecule has 0 aliphatic heterocycles. The number of anilines is 2. The molecule has 0 aliphatic carbocycles. The highest BCUT2D eigenvalue weighted by atomic mass is 32.1. The van der Waals surface area contributed by atoms with Crippen LogP contribution in [-0.2, 0) is 6.42 Å². The molecule has 0 radical (unpaired) electrons. The van der Waals surface area contributed by atoms with Gasteiger partial charge in [0.15, 0.2) is 6.61 Å². The second kappa shape index (κ2) is 12.1. The van der Waals surface area contributed by atoms with Crippen LogP contribution in [0, 0.1) is 28.5 Å². The lowest BCUT2D eigenvalue weighted by Gasteiger charge is -2.19. The summed E-state index contributed by atoms with van der Waals surface area (Å²) in [6, 6.07) is 20.4. The highest BCUT2D eigenvalue weighted by molar-refractivity contribution is 7.82. The number of carbonyl (C=O) groups is 2. The first kappa shape index (κ1) is 25.1. The van der Waals surface area contributed by atoms with Gasteiger partial charge in [0.2, 0.25) is 0 Å². The van der Waals surface area contributed by atoms with Gasteiger partial charge in [-0.05, 0) is 48.4 Å². The molecular weight excluding hydrogens is 469 g/mol. The molecule has 0 atom stereocenters. The van der Waals surface area contributed by atoms with Crippen LogP contribution in [0.3, 0.4) is 0 Å². The second-order valence-electron chi connectivity index (χ2n) is 7.16. The minimum absolute atomic E-state index is 0.109. The molecule has 0 heterocycles. The Morgan fingerprint density at radius 3 is 2.49 bits per heavy atom. The summed E-state index contributed by atoms with van der Waals surface area (Å²) in [6.07, 6.45) is 0.552. The van der Waals surface area contributed by atoms with Crippen LogP contribution in [0.1, 0.15) is 21.5 Å². The van der Waals surface area contributed by atoms with Crippen LogP contribution in [-0.4, -0.2) is 25.1 Å². The van der Waals surface area contributed by atoms with Gasteiger partial charge in [0.05, 0.1) is 28.6 Å². The van der Waals surface area contributed by atoms with Crippen LogP contribution in [0.5, 0.6) is 5.75 Å². The summed E-state index contributed by atoms with van der Waals surface area (Å²) < 4.78 is 20.4. The van der Waals surface area contributed by atoms with Gasteiger partial charge in [-0.1, -0.05) is 37.1 Å². The number of benzene rings is 3. The van der Waals surface area contributed by atoms with E-state index in [1.165, 1.54) is 42.5 Å². The van der Waals surface area contributed by atoms with Gasteiger partial charge in [-0.15, -0.1) is 0 Å². The normalized spacial score (nSPS) is 9.94. The fraction of sp³-hybridized carbons (Fsp3) is 0.120. The predicted molar refractivity (Wildman–Crippen MR) is 132 cm³/mol. The lowest BCUT2D eigenvalue weighted by atomic mass is 10.1. The van der Waals surface area contributed by atoms with E-state index in [0.29, 0.717) is 24.2 Å². The topological polar surface area (TPSA) is 118 Å². The van der Waals surface area contributed by atoms with Gasteiger partial charge in [0.25, 0.3) is 5.91 Å². The average Bonchev–Trinajstić information content (AvgIpc) is 2.88. The van der Waals surface area contributed by atoms with E-state index in [2.05, 4.69) is 23.4 Å². The Bertz CT molecular complexity index is 1300. The highest BCUT2D eigenvalue weighted by Gasteiger charge is 2.17. The van der Waals surface area contributed by atoms with Gasteiger partial charge < -0.3 is 15.4 Å². The Morgan fingerprint density at radius 2 is 1.80 bits per heavy atom. The van der Waals surface area contributed by atoms with Crippen LogP contribution in [0.2, 0.25) is 0 Å². The molecule has 0 bridgehead atoms. The van der Waals surface area contributed by atoms with E-state index in [1.807, 2.05) is 24.3 Å². The zero-order valence-electron chi connectivity index (χ0n) is 18.4. The fourth-order valence-electron chi connectivity index (χ4n) is 3.06. The molecule has 3 rings (SSSR count). The SMILES string of the molecule is N#CCOc1cc(N(S)C(=O)NCCc2ccc(C#N)cc2)ccc1NC(=O)c1ccccc1F. The molecular formula is C25H20FN5O3S. The number of nitrogens with zero attached hydrogens (tertiary/aromatic N) is 3. The third kappa shape index (κ3) is 6.73. The van der Waals surface area contributed by atoms with Crippen molar-refractivity contribution in [2.75, 3.05) is 22.8 Å². The molecule has 35 heavy (non-hydrogen) atoms. The summed E-state index contributed by atoms with van der Waals surface area (Å²) in [5.74, 6) is -1.26. The number of amides is 3. The third-order valence-electron chi connectivity index (χ3n) is 4.83. The van der Waals surface area contributed by atoms with E-state index in [-0.39, 0.29) is 23.6 Å². The van der Waals surface area contributed by atoms with Crippen LogP contribution in [0.4, 0.5) is 20.6 Å². The van der Waals surface area contributed by atoms with E-state index < -0.39 is 17.8 Å². The fourth-order valence-corrected chi connectivity index (χ4v) is 3.26. The number of carbonyl (C=O) groups excluding carboxylic acids is 2. The molecule has 0 saturated heterocycles. The molecule has 3 aromatic rings. The number of hydrogen-bond acceptors (Lipinski definition) is 6.